The highest BCUT2D eigenvalue weighted by molar-refractivity contribution is 6.07. The van der Waals surface area contributed by atoms with Gasteiger partial charge >= 0.3 is 5.97 Å². The summed E-state index contributed by atoms with van der Waals surface area (Å²) in [6.07, 6.45) is 3.54. The highest BCUT2D eigenvalue weighted by Crippen LogP contribution is 2.41. The average Bonchev–Trinajstić information content (AvgIpc) is 3.38. The van der Waals surface area contributed by atoms with Gasteiger partial charge < -0.3 is 19.7 Å². The van der Waals surface area contributed by atoms with Crippen LogP contribution in [0.25, 0.3) is 11.1 Å². The summed E-state index contributed by atoms with van der Waals surface area (Å²) in [5, 5.41) is 16.5. The largest absolute Gasteiger partial charge is 0.480 e. The zero-order chi connectivity index (χ0) is 19.6. The maximum Gasteiger partial charge on any atom is 0.328 e. The lowest BCUT2D eigenvalue weighted by Gasteiger charge is -2.15. The van der Waals surface area contributed by atoms with Crippen LogP contribution in [0.15, 0.2) is 23.2 Å². The van der Waals surface area contributed by atoms with Crippen molar-refractivity contribution in [2.45, 2.75) is 44.6 Å². The summed E-state index contributed by atoms with van der Waals surface area (Å²) in [6.45, 7) is 7.44. The predicted octanol–water partition coefficient (Wildman–Crippen LogP) is 2.61. The number of fused-ring (bicyclic) bond motifs is 1. The summed E-state index contributed by atoms with van der Waals surface area (Å²) in [7, 11) is 0. The van der Waals surface area contributed by atoms with Crippen molar-refractivity contribution in [3.8, 4) is 0 Å². The number of carbonyl (C=O) groups is 2. The fraction of sp³-hybridized carbons (Fsp3) is 0.474. The quantitative estimate of drug-likeness (QED) is 0.513. The molecule has 1 fully saturated rings. The standard InChI is InChI=1S/C19H23N3O5/c1-4-7-26-9-14(19(24)25)20-17(23)12-8-13(11-5-6-11)21-18-15(12)16(10(2)3)22-27-18/h4,8,10-11,14H,1,5-7,9H2,2-3H3,(H,20,23)(H,24,25). The maximum absolute atomic E-state index is 12.9. The van der Waals surface area contributed by atoms with Crippen LogP contribution in [0.2, 0.25) is 0 Å². The van der Waals surface area contributed by atoms with Gasteiger partial charge in [0.25, 0.3) is 11.6 Å². The van der Waals surface area contributed by atoms with Crippen LogP contribution in [0.4, 0.5) is 0 Å². The Morgan fingerprint density at radius 2 is 2.22 bits per heavy atom. The molecule has 2 N–H and O–H groups in total. The number of rotatable bonds is 9. The van der Waals surface area contributed by atoms with Crippen LogP contribution in [-0.2, 0) is 9.53 Å². The van der Waals surface area contributed by atoms with Crippen LogP contribution in [0.1, 0.15) is 60.3 Å². The molecule has 2 aromatic rings. The monoisotopic (exact) mass is 373 g/mol. The second-order valence-corrected chi connectivity index (χ2v) is 6.96. The minimum atomic E-state index is -1.17. The molecule has 1 amide bonds. The van der Waals surface area contributed by atoms with E-state index in [9.17, 15) is 14.7 Å². The molecular weight excluding hydrogens is 350 g/mol. The van der Waals surface area contributed by atoms with Crippen molar-refractivity contribution >= 4 is 23.0 Å². The van der Waals surface area contributed by atoms with Crippen molar-refractivity contribution in [3.63, 3.8) is 0 Å². The van der Waals surface area contributed by atoms with Gasteiger partial charge in [-0.3, -0.25) is 4.79 Å². The highest BCUT2D eigenvalue weighted by Gasteiger charge is 2.30. The molecule has 144 valence electrons. The molecule has 1 unspecified atom stereocenters. The summed E-state index contributed by atoms with van der Waals surface area (Å²) >= 11 is 0. The zero-order valence-corrected chi connectivity index (χ0v) is 15.4. The van der Waals surface area contributed by atoms with Crippen LogP contribution < -0.4 is 5.32 Å². The van der Waals surface area contributed by atoms with Crippen molar-refractivity contribution in [2.24, 2.45) is 0 Å². The number of aromatic nitrogens is 2. The molecule has 0 aromatic carbocycles. The number of carboxylic acids is 1. The highest BCUT2D eigenvalue weighted by atomic mass is 16.5. The van der Waals surface area contributed by atoms with E-state index in [-0.39, 0.29) is 19.1 Å². The first-order valence-corrected chi connectivity index (χ1v) is 8.94. The van der Waals surface area contributed by atoms with Crippen molar-refractivity contribution in [3.05, 3.63) is 35.7 Å². The van der Waals surface area contributed by atoms with Crippen LogP contribution in [0.5, 0.6) is 0 Å². The van der Waals surface area contributed by atoms with Gasteiger partial charge in [-0.1, -0.05) is 25.1 Å². The molecule has 1 aliphatic rings. The van der Waals surface area contributed by atoms with Crippen molar-refractivity contribution < 1.29 is 24.0 Å². The molecule has 1 aliphatic carbocycles. The number of nitrogens with zero attached hydrogens (tertiary/aromatic N) is 2. The van der Waals surface area contributed by atoms with Gasteiger partial charge in [-0.25, -0.2) is 9.78 Å². The van der Waals surface area contributed by atoms with Crippen LogP contribution in [-0.4, -0.2) is 46.4 Å². The number of carbonyl (C=O) groups excluding carboxylic acids is 1. The number of ether oxygens (including phenoxy) is 1. The molecule has 3 rings (SSSR count). The van der Waals surface area contributed by atoms with E-state index in [4.69, 9.17) is 9.26 Å². The Hall–Kier alpha value is -2.74. The van der Waals surface area contributed by atoms with Crippen LogP contribution in [0.3, 0.4) is 0 Å². The minimum Gasteiger partial charge on any atom is -0.480 e. The van der Waals surface area contributed by atoms with Crippen molar-refractivity contribution in [1.82, 2.24) is 15.5 Å². The molecule has 0 bridgehead atoms. The summed E-state index contributed by atoms with van der Waals surface area (Å²) < 4.78 is 10.6. The number of hydrogen-bond acceptors (Lipinski definition) is 6. The topological polar surface area (TPSA) is 115 Å². The van der Waals surface area contributed by atoms with E-state index in [1.54, 1.807) is 6.07 Å². The zero-order valence-electron chi connectivity index (χ0n) is 15.4. The summed E-state index contributed by atoms with van der Waals surface area (Å²) in [5.41, 5.74) is 2.04. The molecule has 8 heteroatoms. The number of carboxylic acid groups (broad SMARTS) is 1. The minimum absolute atomic E-state index is 0.0255. The van der Waals surface area contributed by atoms with Crippen molar-refractivity contribution in [2.75, 3.05) is 13.2 Å². The summed E-state index contributed by atoms with van der Waals surface area (Å²) in [6, 6.07) is 0.550. The third-order valence-corrected chi connectivity index (χ3v) is 4.40. The average molecular weight is 373 g/mol. The molecule has 0 radical (unpaired) electrons. The molecule has 1 atom stereocenters. The first-order chi connectivity index (χ1) is 12.9. The third-order valence-electron chi connectivity index (χ3n) is 4.40. The number of nitrogens with one attached hydrogen (secondary N) is 1. The van der Waals surface area contributed by atoms with E-state index < -0.39 is 17.9 Å². The maximum atomic E-state index is 12.9. The number of aliphatic carboxylic acids is 1. The van der Waals surface area contributed by atoms with E-state index in [2.05, 4.69) is 22.0 Å². The normalized spacial score (nSPS) is 15.1. The van der Waals surface area contributed by atoms with Gasteiger partial charge in [-0.2, -0.15) is 0 Å². The van der Waals surface area contributed by atoms with Gasteiger partial charge in [0.1, 0.15) is 0 Å². The SMILES string of the molecule is C=CCOCC(NC(=O)c1cc(C2CC2)nc2onc(C(C)C)c12)C(=O)O. The van der Waals surface area contributed by atoms with Gasteiger partial charge in [0.15, 0.2) is 6.04 Å². The number of amides is 1. The summed E-state index contributed by atoms with van der Waals surface area (Å²) in [5.74, 6) is -1.35. The first-order valence-electron chi connectivity index (χ1n) is 8.94. The van der Waals surface area contributed by atoms with Gasteiger partial charge in [0.05, 0.1) is 29.9 Å². The Morgan fingerprint density at radius 1 is 1.48 bits per heavy atom. The lowest BCUT2D eigenvalue weighted by molar-refractivity contribution is -0.140. The lowest BCUT2D eigenvalue weighted by atomic mass is 10.0. The number of hydrogen-bond donors (Lipinski definition) is 2. The third kappa shape index (κ3) is 4.16. The van der Waals surface area contributed by atoms with Gasteiger partial charge in [-0.05, 0) is 24.8 Å². The molecule has 2 aromatic heterocycles. The van der Waals surface area contributed by atoms with Crippen LogP contribution >= 0.6 is 0 Å². The molecule has 2 heterocycles. The second-order valence-electron chi connectivity index (χ2n) is 6.96. The predicted molar refractivity (Wildman–Crippen MR) is 97.8 cm³/mol. The Bertz CT molecular complexity index is 870. The molecule has 8 nitrogen and oxygen atoms in total. The molecule has 0 spiro atoms. The van der Waals surface area contributed by atoms with Crippen LogP contribution in [0, 0.1) is 0 Å². The summed E-state index contributed by atoms with van der Waals surface area (Å²) in [4.78, 5) is 28.9. The smallest absolute Gasteiger partial charge is 0.328 e. The lowest BCUT2D eigenvalue weighted by Crippen LogP contribution is -2.44. The van der Waals surface area contributed by atoms with E-state index in [1.165, 1.54) is 6.08 Å². The fourth-order valence-corrected chi connectivity index (χ4v) is 2.83. The van der Waals surface area contributed by atoms with Crippen molar-refractivity contribution in [1.29, 1.82) is 0 Å². The Morgan fingerprint density at radius 3 is 2.81 bits per heavy atom. The van der Waals surface area contributed by atoms with Gasteiger partial charge in [0, 0.05) is 11.6 Å². The molecule has 27 heavy (non-hydrogen) atoms. The molecule has 0 aliphatic heterocycles. The Balaban J connectivity index is 1.95. The van der Waals surface area contributed by atoms with E-state index in [1.807, 2.05) is 13.8 Å². The van der Waals surface area contributed by atoms with Gasteiger partial charge in [-0.15, -0.1) is 6.58 Å². The first kappa shape index (κ1) is 19.0. The fourth-order valence-electron chi connectivity index (χ4n) is 2.83. The number of pyridine rings is 1. The Kier molecular flexibility index (Phi) is 5.55. The molecule has 0 saturated heterocycles. The molecule has 1 saturated carbocycles. The van der Waals surface area contributed by atoms with E-state index in [0.717, 1.165) is 18.5 Å². The Labute approximate surface area is 156 Å². The molecular formula is C19H23N3O5. The van der Waals surface area contributed by atoms with Gasteiger partial charge in [0.2, 0.25) is 0 Å². The second kappa shape index (κ2) is 7.87. The van der Waals surface area contributed by atoms with E-state index >= 15 is 0 Å². The van der Waals surface area contributed by atoms with E-state index in [0.29, 0.717) is 28.3 Å².